The average Bonchev–Trinajstić information content (AvgIpc) is 2.76. The van der Waals surface area contributed by atoms with Crippen molar-refractivity contribution < 1.29 is 13.2 Å². The van der Waals surface area contributed by atoms with Gasteiger partial charge in [0.1, 0.15) is 0 Å². The highest BCUT2D eigenvalue weighted by molar-refractivity contribution is 7.89. The summed E-state index contributed by atoms with van der Waals surface area (Å²) in [6.07, 6.45) is 1.35. The van der Waals surface area contributed by atoms with Crippen molar-refractivity contribution in [3.8, 4) is 0 Å². The van der Waals surface area contributed by atoms with E-state index in [1.807, 2.05) is 30.3 Å². The predicted molar refractivity (Wildman–Crippen MR) is 125 cm³/mol. The fraction of sp³-hybridized carbons (Fsp3) is 0.174. The molecule has 0 aliphatic heterocycles. The lowest BCUT2D eigenvalue weighted by Gasteiger charge is -2.09. The number of aryl methyl sites for hydroxylation is 1. The van der Waals surface area contributed by atoms with Gasteiger partial charge >= 0.3 is 0 Å². The van der Waals surface area contributed by atoms with E-state index in [2.05, 4.69) is 10.0 Å². The monoisotopic (exact) mass is 476 g/mol. The van der Waals surface area contributed by atoms with E-state index in [1.165, 1.54) is 0 Å². The predicted octanol–water partition coefficient (Wildman–Crippen LogP) is 5.09. The molecule has 8 heteroatoms. The summed E-state index contributed by atoms with van der Waals surface area (Å²) in [5, 5.41) is 3.55. The van der Waals surface area contributed by atoms with Crippen LogP contribution in [0.4, 0.5) is 5.69 Å². The molecule has 0 bridgehead atoms. The van der Waals surface area contributed by atoms with Crippen molar-refractivity contribution in [3.05, 3.63) is 94.0 Å². The fourth-order valence-corrected chi connectivity index (χ4v) is 4.28. The molecule has 0 heterocycles. The number of hydrogen-bond donors (Lipinski definition) is 2. The standard InChI is InChI=1S/C23H22Cl2N2O3S/c24-21-12-9-19(16-22(21)25)27-23(28)13-8-18-6-10-20(11-7-18)31(29,30)26-15-14-17-4-2-1-3-5-17/h1-7,9-12,16,26H,8,13-15H2,(H,27,28). The highest BCUT2D eigenvalue weighted by Gasteiger charge is 2.13. The number of carbonyl (C=O) groups excluding carboxylic acids is 1. The van der Waals surface area contributed by atoms with E-state index in [0.717, 1.165) is 11.1 Å². The minimum absolute atomic E-state index is 0.169. The second-order valence-corrected chi connectivity index (χ2v) is 9.54. The third kappa shape index (κ3) is 7.08. The Kier molecular flexibility index (Phi) is 8.09. The van der Waals surface area contributed by atoms with Gasteiger partial charge in [0.15, 0.2) is 0 Å². The molecule has 0 saturated heterocycles. The van der Waals surface area contributed by atoms with E-state index in [1.54, 1.807) is 42.5 Å². The van der Waals surface area contributed by atoms with E-state index in [4.69, 9.17) is 23.2 Å². The van der Waals surface area contributed by atoms with Crippen LogP contribution in [-0.4, -0.2) is 20.9 Å². The van der Waals surface area contributed by atoms with Gasteiger partial charge in [0, 0.05) is 18.7 Å². The first kappa shape index (κ1) is 23.3. The Labute approximate surface area is 192 Å². The highest BCUT2D eigenvalue weighted by Crippen LogP contribution is 2.25. The summed E-state index contributed by atoms with van der Waals surface area (Å²) in [7, 11) is -3.58. The van der Waals surface area contributed by atoms with E-state index < -0.39 is 10.0 Å². The van der Waals surface area contributed by atoms with Gasteiger partial charge in [-0.1, -0.05) is 65.7 Å². The van der Waals surface area contributed by atoms with Crippen LogP contribution >= 0.6 is 23.2 Å². The third-order valence-electron chi connectivity index (χ3n) is 4.63. The number of carbonyl (C=O) groups is 1. The van der Waals surface area contributed by atoms with Gasteiger partial charge < -0.3 is 5.32 Å². The van der Waals surface area contributed by atoms with Gasteiger partial charge in [-0.25, -0.2) is 13.1 Å². The largest absolute Gasteiger partial charge is 0.326 e. The first-order chi connectivity index (χ1) is 14.8. The number of halogens is 2. The number of rotatable bonds is 9. The molecule has 1 amide bonds. The molecule has 0 radical (unpaired) electrons. The second kappa shape index (κ2) is 10.8. The Hall–Kier alpha value is -2.38. The van der Waals surface area contributed by atoms with Crippen LogP contribution in [0.15, 0.2) is 77.7 Å². The molecule has 0 fully saturated rings. The lowest BCUT2D eigenvalue weighted by molar-refractivity contribution is -0.116. The van der Waals surface area contributed by atoms with E-state index >= 15 is 0 Å². The molecule has 0 aliphatic rings. The van der Waals surface area contributed by atoms with Crippen molar-refractivity contribution in [3.63, 3.8) is 0 Å². The van der Waals surface area contributed by atoms with Gasteiger partial charge in [-0.05, 0) is 54.3 Å². The van der Waals surface area contributed by atoms with Gasteiger partial charge in [0.25, 0.3) is 0 Å². The second-order valence-electron chi connectivity index (χ2n) is 6.95. The first-order valence-corrected chi connectivity index (χ1v) is 11.9. The molecule has 0 aromatic heterocycles. The molecule has 2 N–H and O–H groups in total. The highest BCUT2D eigenvalue weighted by atomic mass is 35.5. The maximum absolute atomic E-state index is 12.5. The molecule has 0 atom stereocenters. The third-order valence-corrected chi connectivity index (χ3v) is 6.84. The van der Waals surface area contributed by atoms with Crippen LogP contribution in [0.3, 0.4) is 0 Å². The zero-order valence-electron chi connectivity index (χ0n) is 16.6. The minimum atomic E-state index is -3.58. The number of amides is 1. The van der Waals surface area contributed by atoms with Crippen LogP contribution in [0.1, 0.15) is 17.5 Å². The minimum Gasteiger partial charge on any atom is -0.326 e. The molecule has 5 nitrogen and oxygen atoms in total. The Morgan fingerprint density at radius 3 is 2.16 bits per heavy atom. The summed E-state index contributed by atoms with van der Waals surface area (Å²) < 4.78 is 27.5. The van der Waals surface area contributed by atoms with Gasteiger partial charge in [-0.2, -0.15) is 0 Å². The van der Waals surface area contributed by atoms with Crippen molar-refractivity contribution >= 4 is 44.8 Å². The quantitative estimate of drug-likeness (QED) is 0.451. The maximum Gasteiger partial charge on any atom is 0.240 e. The van der Waals surface area contributed by atoms with Gasteiger partial charge in [-0.15, -0.1) is 0 Å². The van der Waals surface area contributed by atoms with Crippen molar-refractivity contribution in [2.75, 3.05) is 11.9 Å². The normalized spacial score (nSPS) is 11.3. The van der Waals surface area contributed by atoms with Crippen LogP contribution in [-0.2, 0) is 27.7 Å². The maximum atomic E-state index is 12.5. The Morgan fingerprint density at radius 1 is 0.806 bits per heavy atom. The SMILES string of the molecule is O=C(CCc1ccc(S(=O)(=O)NCCc2ccccc2)cc1)Nc1ccc(Cl)c(Cl)c1. The molecule has 3 aromatic carbocycles. The summed E-state index contributed by atoms with van der Waals surface area (Å²) in [6, 6.07) is 21.1. The fourth-order valence-electron chi connectivity index (χ4n) is 2.95. The molecule has 0 saturated carbocycles. The zero-order valence-corrected chi connectivity index (χ0v) is 19.0. The van der Waals surface area contributed by atoms with Crippen molar-refractivity contribution in [1.29, 1.82) is 0 Å². The number of nitrogens with one attached hydrogen (secondary N) is 2. The lowest BCUT2D eigenvalue weighted by atomic mass is 10.1. The number of anilines is 1. The number of hydrogen-bond acceptors (Lipinski definition) is 3. The summed E-state index contributed by atoms with van der Waals surface area (Å²) in [5.41, 5.74) is 2.51. The Bertz CT molecular complexity index is 1140. The smallest absolute Gasteiger partial charge is 0.240 e. The van der Waals surface area contributed by atoms with Gasteiger partial charge in [0.2, 0.25) is 15.9 Å². The molecule has 0 unspecified atom stereocenters. The summed E-state index contributed by atoms with van der Waals surface area (Å²) >= 11 is 11.8. The molecule has 3 aromatic rings. The number of benzene rings is 3. The Morgan fingerprint density at radius 2 is 1.48 bits per heavy atom. The average molecular weight is 477 g/mol. The molecule has 3 rings (SSSR count). The van der Waals surface area contributed by atoms with Crippen LogP contribution in [0.25, 0.3) is 0 Å². The van der Waals surface area contributed by atoms with E-state index in [-0.39, 0.29) is 17.2 Å². The molecule has 0 spiro atoms. The molecule has 31 heavy (non-hydrogen) atoms. The molecule has 0 aliphatic carbocycles. The summed E-state index contributed by atoms with van der Waals surface area (Å²) in [5.74, 6) is -0.169. The van der Waals surface area contributed by atoms with E-state index in [0.29, 0.717) is 35.1 Å². The summed E-state index contributed by atoms with van der Waals surface area (Å²) in [6.45, 7) is 0.322. The zero-order chi connectivity index (χ0) is 22.3. The van der Waals surface area contributed by atoms with Crippen molar-refractivity contribution in [2.45, 2.75) is 24.2 Å². The summed E-state index contributed by atoms with van der Waals surface area (Å²) in [4.78, 5) is 12.3. The molecular weight excluding hydrogens is 455 g/mol. The topological polar surface area (TPSA) is 75.3 Å². The molecule has 162 valence electrons. The lowest BCUT2D eigenvalue weighted by Crippen LogP contribution is -2.26. The van der Waals surface area contributed by atoms with Gasteiger partial charge in [0.05, 0.1) is 14.9 Å². The van der Waals surface area contributed by atoms with Crippen LogP contribution < -0.4 is 10.0 Å². The van der Waals surface area contributed by atoms with Crippen LogP contribution in [0.5, 0.6) is 0 Å². The van der Waals surface area contributed by atoms with Crippen molar-refractivity contribution in [1.82, 2.24) is 4.72 Å². The van der Waals surface area contributed by atoms with Crippen molar-refractivity contribution in [2.24, 2.45) is 0 Å². The van der Waals surface area contributed by atoms with E-state index in [9.17, 15) is 13.2 Å². The first-order valence-electron chi connectivity index (χ1n) is 9.71. The van der Waals surface area contributed by atoms with Crippen LogP contribution in [0.2, 0.25) is 10.0 Å². The molecular formula is C23H22Cl2N2O3S. The van der Waals surface area contributed by atoms with Crippen LogP contribution in [0, 0.1) is 0 Å². The number of sulfonamides is 1. The Balaban J connectivity index is 1.49. The van der Waals surface area contributed by atoms with Gasteiger partial charge in [-0.3, -0.25) is 4.79 Å².